The van der Waals surface area contributed by atoms with Gasteiger partial charge in [0.05, 0.1) is 29.1 Å². The number of anilines is 1. The van der Waals surface area contributed by atoms with Crippen LogP contribution in [0.4, 0.5) is 5.82 Å². The molecule has 194 valence electrons. The molecule has 8 nitrogen and oxygen atoms in total. The quantitative estimate of drug-likeness (QED) is 0.500. The fraction of sp³-hybridized carbons (Fsp3) is 0.367. The molecule has 2 aliphatic rings. The molecule has 3 aromatic rings. The summed E-state index contributed by atoms with van der Waals surface area (Å²) in [6.45, 7) is 8.48. The molecule has 0 aromatic carbocycles. The molecule has 0 radical (unpaired) electrons. The Bertz CT molecular complexity index is 1470. The van der Waals surface area contributed by atoms with E-state index in [4.69, 9.17) is 16.1 Å². The van der Waals surface area contributed by atoms with Gasteiger partial charge >= 0.3 is 0 Å². The van der Waals surface area contributed by atoms with Gasteiger partial charge in [0.2, 0.25) is 0 Å². The van der Waals surface area contributed by atoms with Crippen LogP contribution in [0.15, 0.2) is 60.7 Å². The fourth-order valence-electron chi connectivity index (χ4n) is 4.98. The van der Waals surface area contributed by atoms with Crippen LogP contribution < -0.4 is 9.64 Å². The maximum absolute atomic E-state index is 10.1. The highest BCUT2D eigenvalue weighted by atomic mass is 16.5. The summed E-state index contributed by atoms with van der Waals surface area (Å²) in [6, 6.07) is 8.16. The van der Waals surface area contributed by atoms with Gasteiger partial charge in [0.25, 0.3) is 0 Å². The summed E-state index contributed by atoms with van der Waals surface area (Å²) in [4.78, 5) is 9.50. The molecule has 0 unspecified atom stereocenters. The van der Waals surface area contributed by atoms with Crippen LogP contribution >= 0.6 is 0 Å². The van der Waals surface area contributed by atoms with E-state index in [1.54, 1.807) is 30.8 Å². The lowest BCUT2D eigenvalue weighted by Gasteiger charge is -2.47. The number of hydrogen-bond acceptors (Lipinski definition) is 7. The number of aromatic nitrogens is 3. The van der Waals surface area contributed by atoms with Crippen molar-refractivity contribution in [2.45, 2.75) is 44.8 Å². The monoisotopic (exact) mass is 508 g/mol. The first-order valence-electron chi connectivity index (χ1n) is 12.8. The molecule has 3 aromatic heterocycles. The van der Waals surface area contributed by atoms with E-state index in [0.717, 1.165) is 55.0 Å². The lowest BCUT2D eigenvalue weighted by molar-refractivity contribution is 0.0283. The second-order valence-corrected chi connectivity index (χ2v) is 10.8. The summed E-state index contributed by atoms with van der Waals surface area (Å²) in [5.41, 5.74) is 2.88. The van der Waals surface area contributed by atoms with Crippen molar-refractivity contribution in [3.05, 3.63) is 66.3 Å². The molecule has 5 heterocycles. The Kier molecular flexibility index (Phi) is 6.60. The van der Waals surface area contributed by atoms with Crippen molar-refractivity contribution in [1.82, 2.24) is 19.5 Å². The van der Waals surface area contributed by atoms with Crippen molar-refractivity contribution in [3.63, 3.8) is 0 Å². The van der Waals surface area contributed by atoms with Gasteiger partial charge in [0.1, 0.15) is 24.2 Å². The number of fused-ring (bicyclic) bond motifs is 1. The summed E-state index contributed by atoms with van der Waals surface area (Å²) in [5.74, 6) is 4.19. The first-order chi connectivity index (χ1) is 18.2. The van der Waals surface area contributed by atoms with E-state index < -0.39 is 5.60 Å². The zero-order chi connectivity index (χ0) is 26.9. The zero-order valence-corrected chi connectivity index (χ0v) is 22.1. The Hall–Kier alpha value is -4.27. The van der Waals surface area contributed by atoms with E-state index in [1.807, 2.05) is 30.5 Å². The number of allylic oxidation sites excluding steroid dienone is 2. The molecule has 0 spiro atoms. The number of terminal acetylenes is 1. The third kappa shape index (κ3) is 5.09. The smallest absolute Gasteiger partial charge is 0.138 e. The largest absolute Gasteiger partial charge is 0.489 e. The minimum absolute atomic E-state index is 0.0778. The average Bonchev–Trinajstić information content (AvgIpc) is 3.35. The van der Waals surface area contributed by atoms with E-state index in [0.29, 0.717) is 16.8 Å². The minimum atomic E-state index is -0.976. The van der Waals surface area contributed by atoms with E-state index >= 15 is 0 Å². The van der Waals surface area contributed by atoms with E-state index in [9.17, 15) is 10.4 Å². The molecule has 0 saturated carbocycles. The van der Waals surface area contributed by atoms with Gasteiger partial charge in [0, 0.05) is 54.3 Å². The van der Waals surface area contributed by atoms with Crippen LogP contribution in [0.2, 0.25) is 0 Å². The molecule has 2 aliphatic heterocycles. The summed E-state index contributed by atoms with van der Waals surface area (Å²) < 4.78 is 7.48. The highest BCUT2D eigenvalue weighted by Crippen LogP contribution is 2.34. The van der Waals surface area contributed by atoms with Crippen LogP contribution in [-0.2, 0) is 0 Å². The lowest BCUT2D eigenvalue weighted by atomic mass is 9.87. The van der Waals surface area contributed by atoms with Crippen molar-refractivity contribution in [2.75, 3.05) is 31.1 Å². The van der Waals surface area contributed by atoms with Gasteiger partial charge < -0.3 is 19.6 Å². The standard InChI is InChI=1S/C30H32N6O2/c1-5-22-8-12-35(13-9-22)30(4)10-14-34(15-11-30)27-7-6-23(18-32-27)26-16-25(38-21-29(2,3)37)20-36-28(26)24(17-31)19-33-36/h1,6-9,12,16,18-20,37H,10-11,13-15,21H2,2-4H3. The Labute approximate surface area is 223 Å². The number of rotatable bonds is 6. The van der Waals surface area contributed by atoms with E-state index in [2.05, 4.69) is 46.1 Å². The van der Waals surface area contributed by atoms with Gasteiger partial charge in [-0.2, -0.15) is 10.4 Å². The van der Waals surface area contributed by atoms with Crippen molar-refractivity contribution >= 4 is 11.3 Å². The van der Waals surface area contributed by atoms with Gasteiger partial charge in [0.15, 0.2) is 0 Å². The van der Waals surface area contributed by atoms with Crippen LogP contribution in [0.5, 0.6) is 5.75 Å². The van der Waals surface area contributed by atoms with Gasteiger partial charge in [-0.05, 0) is 64.0 Å². The maximum atomic E-state index is 10.1. The maximum Gasteiger partial charge on any atom is 0.138 e. The first kappa shape index (κ1) is 25.4. The topological polar surface area (TPSA) is 89.9 Å². The molecule has 1 N–H and O–H groups in total. The fourth-order valence-corrected chi connectivity index (χ4v) is 4.98. The SMILES string of the molecule is C#CC1=CCN(C2(C)CCN(c3ccc(-c4cc(OCC(C)(C)O)cn5ncc(C#N)c45)cn3)CC2)C=C1. The van der Waals surface area contributed by atoms with Gasteiger partial charge in [-0.15, -0.1) is 6.42 Å². The number of aliphatic hydroxyl groups is 1. The highest BCUT2D eigenvalue weighted by Gasteiger charge is 2.35. The van der Waals surface area contributed by atoms with E-state index in [1.165, 1.54) is 0 Å². The Balaban J connectivity index is 1.34. The second-order valence-electron chi connectivity index (χ2n) is 10.8. The molecule has 0 atom stereocenters. The predicted octanol–water partition coefficient (Wildman–Crippen LogP) is 4.17. The van der Waals surface area contributed by atoms with Crippen LogP contribution in [0, 0.1) is 23.7 Å². The number of pyridine rings is 2. The second kappa shape index (κ2) is 9.89. The van der Waals surface area contributed by atoms with Gasteiger partial charge in [-0.1, -0.05) is 5.92 Å². The van der Waals surface area contributed by atoms with Crippen LogP contribution in [0.1, 0.15) is 39.2 Å². The third-order valence-electron chi connectivity index (χ3n) is 7.32. The Morgan fingerprint density at radius 2 is 2.03 bits per heavy atom. The molecular formula is C30H32N6O2. The highest BCUT2D eigenvalue weighted by molar-refractivity contribution is 5.85. The van der Waals surface area contributed by atoms with Crippen LogP contribution in [0.25, 0.3) is 16.6 Å². The van der Waals surface area contributed by atoms with Crippen molar-refractivity contribution < 1.29 is 9.84 Å². The third-order valence-corrected chi connectivity index (χ3v) is 7.32. The summed E-state index contributed by atoms with van der Waals surface area (Å²) in [7, 11) is 0. The zero-order valence-electron chi connectivity index (χ0n) is 22.1. The summed E-state index contributed by atoms with van der Waals surface area (Å²) in [5, 5.41) is 24.1. The number of hydrogen-bond donors (Lipinski definition) is 1. The van der Waals surface area contributed by atoms with Crippen LogP contribution in [-0.4, -0.2) is 62.0 Å². The minimum Gasteiger partial charge on any atom is -0.489 e. The molecule has 0 amide bonds. The first-order valence-corrected chi connectivity index (χ1v) is 12.8. The van der Waals surface area contributed by atoms with Crippen LogP contribution in [0.3, 0.4) is 0 Å². The molecule has 1 fully saturated rings. The van der Waals surface area contributed by atoms with Crippen molar-refractivity contribution in [2.24, 2.45) is 0 Å². The molecule has 1 saturated heterocycles. The number of nitriles is 1. The van der Waals surface area contributed by atoms with Crippen molar-refractivity contribution in [1.29, 1.82) is 5.26 Å². The molecular weight excluding hydrogens is 476 g/mol. The van der Waals surface area contributed by atoms with Gasteiger partial charge in [-0.3, -0.25) is 0 Å². The number of piperidine rings is 1. The number of nitrogens with zero attached hydrogens (tertiary/aromatic N) is 6. The molecule has 0 aliphatic carbocycles. The molecule has 5 rings (SSSR count). The summed E-state index contributed by atoms with van der Waals surface area (Å²) >= 11 is 0. The lowest BCUT2D eigenvalue weighted by Crippen LogP contribution is -2.52. The average molecular weight is 509 g/mol. The Morgan fingerprint density at radius 1 is 1.24 bits per heavy atom. The normalized spacial score (nSPS) is 17.2. The number of ether oxygens (including phenoxy) is 1. The molecule has 0 bridgehead atoms. The predicted molar refractivity (Wildman–Crippen MR) is 148 cm³/mol. The summed E-state index contributed by atoms with van der Waals surface area (Å²) in [6.07, 6.45) is 18.9. The van der Waals surface area contributed by atoms with Crippen molar-refractivity contribution in [3.8, 4) is 35.3 Å². The Morgan fingerprint density at radius 3 is 2.63 bits per heavy atom. The molecule has 38 heavy (non-hydrogen) atoms. The van der Waals surface area contributed by atoms with Gasteiger partial charge in [-0.25, -0.2) is 9.50 Å². The van der Waals surface area contributed by atoms with E-state index in [-0.39, 0.29) is 12.1 Å². The molecule has 8 heteroatoms.